The van der Waals surface area contributed by atoms with Crippen molar-refractivity contribution in [3.05, 3.63) is 24.2 Å². The van der Waals surface area contributed by atoms with E-state index in [-0.39, 0.29) is 6.04 Å². The molecule has 0 aromatic carbocycles. The third-order valence-corrected chi connectivity index (χ3v) is 2.65. The lowest BCUT2D eigenvalue weighted by atomic mass is 10.2. The van der Waals surface area contributed by atoms with Gasteiger partial charge in [0.05, 0.1) is 12.5 Å². The maximum atomic E-state index is 10.9. The van der Waals surface area contributed by atoms with Crippen molar-refractivity contribution >= 4 is 10.0 Å². The van der Waals surface area contributed by atoms with Gasteiger partial charge >= 0.3 is 0 Å². The van der Waals surface area contributed by atoms with Crippen molar-refractivity contribution in [1.82, 2.24) is 4.72 Å². The molecule has 0 radical (unpaired) electrons. The first kappa shape index (κ1) is 11.3. The molecule has 1 N–H and O–H groups in total. The van der Waals surface area contributed by atoms with Crippen LogP contribution < -0.4 is 4.72 Å². The van der Waals surface area contributed by atoms with Gasteiger partial charge < -0.3 is 4.42 Å². The Balaban J connectivity index is 2.32. The smallest absolute Gasteiger partial charge is 0.208 e. The molecule has 0 fully saturated rings. The number of sulfonamides is 1. The summed E-state index contributed by atoms with van der Waals surface area (Å²) >= 11 is 0. The summed E-state index contributed by atoms with van der Waals surface area (Å²) in [5, 5.41) is 0. The molecule has 0 aliphatic carbocycles. The van der Waals surface area contributed by atoms with Gasteiger partial charge in [-0.1, -0.05) is 0 Å². The molecule has 4 nitrogen and oxygen atoms in total. The van der Waals surface area contributed by atoms with E-state index in [1.54, 1.807) is 6.26 Å². The molecule has 14 heavy (non-hydrogen) atoms. The molecular formula is C9H15NO3S. The van der Waals surface area contributed by atoms with Gasteiger partial charge in [-0.2, -0.15) is 0 Å². The van der Waals surface area contributed by atoms with E-state index in [2.05, 4.69) is 4.72 Å². The molecule has 0 aliphatic heterocycles. The second-order valence-electron chi connectivity index (χ2n) is 3.41. The molecule has 1 unspecified atom stereocenters. The first-order valence-corrected chi connectivity index (χ1v) is 6.36. The molecular weight excluding hydrogens is 202 g/mol. The highest BCUT2D eigenvalue weighted by Crippen LogP contribution is 2.05. The van der Waals surface area contributed by atoms with Crippen LogP contribution in [0.4, 0.5) is 0 Å². The standard InChI is InChI=1S/C9H15NO3S/c1-8(10-14(2,11)12)5-6-9-4-3-7-13-9/h3-4,7-8,10H,5-6H2,1-2H3. The van der Waals surface area contributed by atoms with Crippen LogP contribution in [0, 0.1) is 0 Å². The van der Waals surface area contributed by atoms with Gasteiger partial charge in [0.2, 0.25) is 10.0 Å². The molecule has 1 rings (SSSR count). The summed E-state index contributed by atoms with van der Waals surface area (Å²) in [5.41, 5.74) is 0. The molecule has 0 bridgehead atoms. The molecule has 80 valence electrons. The zero-order valence-corrected chi connectivity index (χ0v) is 9.17. The molecule has 5 heteroatoms. The van der Waals surface area contributed by atoms with Gasteiger partial charge in [0.25, 0.3) is 0 Å². The molecule has 0 saturated heterocycles. The summed E-state index contributed by atoms with van der Waals surface area (Å²) in [4.78, 5) is 0. The summed E-state index contributed by atoms with van der Waals surface area (Å²) in [6.07, 6.45) is 4.26. The quantitative estimate of drug-likeness (QED) is 0.804. The number of aryl methyl sites for hydroxylation is 1. The van der Waals surface area contributed by atoms with Crippen LogP contribution in [0.25, 0.3) is 0 Å². The topological polar surface area (TPSA) is 59.3 Å². The van der Waals surface area contributed by atoms with E-state index in [1.165, 1.54) is 0 Å². The first-order chi connectivity index (χ1) is 6.47. The third-order valence-electron chi connectivity index (χ3n) is 1.82. The maximum Gasteiger partial charge on any atom is 0.208 e. The normalized spacial score (nSPS) is 14.1. The van der Waals surface area contributed by atoms with Crippen LogP contribution >= 0.6 is 0 Å². The summed E-state index contributed by atoms with van der Waals surface area (Å²) < 4.78 is 29.4. The number of furan rings is 1. The fourth-order valence-corrected chi connectivity index (χ4v) is 2.09. The highest BCUT2D eigenvalue weighted by molar-refractivity contribution is 7.88. The molecule has 1 atom stereocenters. The zero-order chi connectivity index (χ0) is 10.6. The first-order valence-electron chi connectivity index (χ1n) is 4.47. The second-order valence-corrected chi connectivity index (χ2v) is 5.19. The van der Waals surface area contributed by atoms with Gasteiger partial charge in [-0.25, -0.2) is 13.1 Å². The van der Waals surface area contributed by atoms with Crippen LogP contribution in [0.5, 0.6) is 0 Å². The predicted molar refractivity (Wildman–Crippen MR) is 54.5 cm³/mol. The number of nitrogens with one attached hydrogen (secondary N) is 1. The van der Waals surface area contributed by atoms with Crippen LogP contribution in [0.3, 0.4) is 0 Å². The molecule has 0 aliphatic rings. The van der Waals surface area contributed by atoms with Crippen molar-refractivity contribution in [2.75, 3.05) is 6.26 Å². The molecule has 1 aromatic heterocycles. The molecule has 0 amide bonds. The Kier molecular flexibility index (Phi) is 3.71. The minimum absolute atomic E-state index is 0.0601. The van der Waals surface area contributed by atoms with Gasteiger partial charge in [-0.3, -0.25) is 0 Å². The van der Waals surface area contributed by atoms with E-state index in [4.69, 9.17) is 4.42 Å². The fraction of sp³-hybridized carbons (Fsp3) is 0.556. The summed E-state index contributed by atoms with van der Waals surface area (Å²) in [6.45, 7) is 1.84. The zero-order valence-electron chi connectivity index (χ0n) is 8.36. The highest BCUT2D eigenvalue weighted by atomic mass is 32.2. The maximum absolute atomic E-state index is 10.9. The lowest BCUT2D eigenvalue weighted by Gasteiger charge is -2.10. The fourth-order valence-electron chi connectivity index (χ4n) is 1.24. The summed E-state index contributed by atoms with van der Waals surface area (Å²) in [6, 6.07) is 3.65. The minimum Gasteiger partial charge on any atom is -0.469 e. The Hall–Kier alpha value is -0.810. The Morgan fingerprint density at radius 3 is 2.79 bits per heavy atom. The molecule has 1 heterocycles. The van der Waals surface area contributed by atoms with Gasteiger partial charge in [0.15, 0.2) is 0 Å². The highest BCUT2D eigenvalue weighted by Gasteiger charge is 2.08. The Morgan fingerprint density at radius 2 is 2.29 bits per heavy atom. The van der Waals surface area contributed by atoms with Crippen molar-refractivity contribution in [2.45, 2.75) is 25.8 Å². The van der Waals surface area contributed by atoms with E-state index in [0.717, 1.165) is 24.9 Å². The average Bonchev–Trinajstić information content (AvgIpc) is 2.49. The predicted octanol–water partition coefficient (Wildman–Crippen LogP) is 1.15. The van der Waals surface area contributed by atoms with Crippen molar-refractivity contribution in [2.24, 2.45) is 0 Å². The van der Waals surface area contributed by atoms with Crippen LogP contribution in [-0.2, 0) is 16.4 Å². The minimum atomic E-state index is -3.09. The SMILES string of the molecule is CC(CCc1ccco1)NS(C)(=O)=O. The Morgan fingerprint density at radius 1 is 1.57 bits per heavy atom. The second kappa shape index (κ2) is 4.61. The largest absolute Gasteiger partial charge is 0.469 e. The van der Waals surface area contributed by atoms with E-state index < -0.39 is 10.0 Å². The van der Waals surface area contributed by atoms with E-state index >= 15 is 0 Å². The number of rotatable bonds is 5. The van der Waals surface area contributed by atoms with Crippen LogP contribution in [0.1, 0.15) is 19.1 Å². The van der Waals surface area contributed by atoms with E-state index in [9.17, 15) is 8.42 Å². The van der Waals surface area contributed by atoms with Gasteiger partial charge in [-0.15, -0.1) is 0 Å². The lowest BCUT2D eigenvalue weighted by Crippen LogP contribution is -2.31. The van der Waals surface area contributed by atoms with Gasteiger partial charge in [0, 0.05) is 12.5 Å². The third kappa shape index (κ3) is 4.43. The van der Waals surface area contributed by atoms with Crippen molar-refractivity contribution < 1.29 is 12.8 Å². The number of hydrogen-bond donors (Lipinski definition) is 1. The van der Waals surface area contributed by atoms with Crippen LogP contribution in [0.15, 0.2) is 22.8 Å². The van der Waals surface area contributed by atoms with E-state index in [0.29, 0.717) is 0 Å². The molecule has 0 saturated carbocycles. The van der Waals surface area contributed by atoms with Gasteiger partial charge in [-0.05, 0) is 25.5 Å². The molecule has 0 spiro atoms. The summed E-state index contributed by atoms with van der Waals surface area (Å²) in [5.74, 6) is 0.882. The number of hydrogen-bond acceptors (Lipinski definition) is 3. The average molecular weight is 217 g/mol. The van der Waals surface area contributed by atoms with Crippen LogP contribution in [-0.4, -0.2) is 20.7 Å². The molecule has 1 aromatic rings. The Labute approximate surface area is 84.4 Å². The van der Waals surface area contributed by atoms with Gasteiger partial charge in [0.1, 0.15) is 5.76 Å². The van der Waals surface area contributed by atoms with Crippen molar-refractivity contribution in [3.8, 4) is 0 Å². The van der Waals surface area contributed by atoms with E-state index in [1.807, 2.05) is 19.1 Å². The monoisotopic (exact) mass is 217 g/mol. The van der Waals surface area contributed by atoms with Crippen molar-refractivity contribution in [1.29, 1.82) is 0 Å². The Bertz CT molecular complexity index is 355. The van der Waals surface area contributed by atoms with Crippen molar-refractivity contribution in [3.63, 3.8) is 0 Å². The summed E-state index contributed by atoms with van der Waals surface area (Å²) in [7, 11) is -3.09. The lowest BCUT2D eigenvalue weighted by molar-refractivity contribution is 0.480. The van der Waals surface area contributed by atoms with Crippen LogP contribution in [0.2, 0.25) is 0 Å².